The number of nitrogens with zero attached hydrogens (tertiary/aromatic N) is 4. The van der Waals surface area contributed by atoms with Crippen molar-refractivity contribution < 1.29 is 33.0 Å². The summed E-state index contributed by atoms with van der Waals surface area (Å²) in [5.41, 5.74) is 25.8. The third-order valence-corrected chi connectivity index (χ3v) is 4.99. The number of nitrogens with two attached hydrogens (primary N) is 4. The van der Waals surface area contributed by atoms with E-state index in [0.29, 0.717) is 26.2 Å². The Kier molecular flexibility index (Phi) is 67.2. The number of anilines is 4. The molecule has 0 saturated carbocycles. The fraction of sp³-hybridized carbons (Fsp3) is 0.222. The first-order chi connectivity index (χ1) is 25.4. The molecule has 18 heteroatoms. The fourth-order valence-electron chi connectivity index (χ4n) is 3.09. The van der Waals surface area contributed by atoms with Gasteiger partial charge in [-0.15, -0.1) is 0 Å². The molecule has 4 aromatic carbocycles. The molecule has 296 valence electrons. The van der Waals surface area contributed by atoms with Crippen molar-refractivity contribution in [2.45, 2.75) is 0 Å². The Labute approximate surface area is 362 Å². The molecule has 0 bridgehead atoms. The van der Waals surface area contributed by atoms with E-state index in [0.717, 1.165) is 48.9 Å². The molecule has 0 radical (unpaired) electrons. The monoisotopic (exact) mass is 892 g/mol. The van der Waals surface area contributed by atoms with Crippen LogP contribution in [-0.4, -0.2) is 73.0 Å². The van der Waals surface area contributed by atoms with Crippen LogP contribution in [0.4, 0.5) is 22.7 Å². The predicted molar refractivity (Wildman–Crippen MR) is 240 cm³/mol. The summed E-state index contributed by atoms with van der Waals surface area (Å²) in [6.45, 7) is 6.05. The minimum atomic E-state index is 0. The van der Waals surface area contributed by atoms with Crippen molar-refractivity contribution in [3.05, 3.63) is 143 Å². The van der Waals surface area contributed by atoms with Crippen molar-refractivity contribution >= 4 is 92.3 Å². The molecule has 0 aliphatic heterocycles. The molecule has 0 saturated heterocycles. The van der Waals surface area contributed by atoms with Gasteiger partial charge in [0.15, 0.2) is 0 Å². The van der Waals surface area contributed by atoms with Crippen LogP contribution in [0.3, 0.4) is 0 Å². The number of nitrogens with one attached hydrogen (secondary N) is 4. The quantitative estimate of drug-likeness (QED) is 0.0414. The minimum Gasteiger partial charge on any atom is -0.753 e. The van der Waals surface area contributed by atoms with Crippen molar-refractivity contribution in [3.8, 4) is 0 Å². The van der Waals surface area contributed by atoms with E-state index in [1.54, 1.807) is 0 Å². The first kappa shape index (κ1) is 62.1. The Morgan fingerprint density at radius 3 is 0.593 bits per heavy atom. The average Bonchev–Trinajstić information content (AvgIpc) is 3.18. The van der Waals surface area contributed by atoms with Crippen LogP contribution in [0.15, 0.2) is 121 Å². The molecule has 4 aromatic rings. The van der Waals surface area contributed by atoms with Gasteiger partial charge in [-0.1, -0.05) is 122 Å². The van der Waals surface area contributed by atoms with E-state index in [9.17, 15) is 0 Å². The molecule has 0 aromatic heterocycles. The zero-order valence-electron chi connectivity index (χ0n) is 29.6. The second-order valence-electron chi connectivity index (χ2n) is 8.69. The fourth-order valence-corrected chi connectivity index (χ4v) is 3.09. The van der Waals surface area contributed by atoms with Gasteiger partial charge in [0.1, 0.15) is 0 Å². The topological polar surface area (TPSA) is 241 Å². The largest absolute Gasteiger partial charge is 2.00 e. The SMILES string of the molecule is NCCNc1ccccc1.NCCNc1ccccc1.NCCNc1ccccc1.NCCNc1ccccc1.[N-]=C=S.[N-]=C=S.[N-]=C=S.[N-]=C=S.[Ni+2].[Ni+2]. The van der Waals surface area contributed by atoms with Gasteiger partial charge in [0.05, 0.1) is 0 Å². The van der Waals surface area contributed by atoms with Gasteiger partial charge < -0.3 is 65.8 Å². The summed E-state index contributed by atoms with van der Waals surface area (Å²) in [7, 11) is 0. The van der Waals surface area contributed by atoms with Gasteiger partial charge >= 0.3 is 33.0 Å². The van der Waals surface area contributed by atoms with E-state index < -0.39 is 0 Å². The van der Waals surface area contributed by atoms with Crippen LogP contribution in [0.1, 0.15) is 0 Å². The Hall–Kier alpha value is -3.89. The summed E-state index contributed by atoms with van der Waals surface area (Å²) in [6.07, 6.45) is 0. The molecule has 0 fully saturated rings. The van der Waals surface area contributed by atoms with Crippen LogP contribution in [0.5, 0.6) is 0 Å². The molecule has 0 amide bonds. The average molecular weight is 895 g/mol. The van der Waals surface area contributed by atoms with E-state index in [1.807, 2.05) is 121 Å². The molecule has 0 aliphatic carbocycles. The van der Waals surface area contributed by atoms with Crippen molar-refractivity contribution in [1.82, 2.24) is 0 Å². The van der Waals surface area contributed by atoms with E-state index in [4.69, 9.17) is 44.6 Å². The molecule has 0 spiro atoms. The first-order valence-corrected chi connectivity index (χ1v) is 17.0. The molecular formula is C36H48N12Ni2S4. The Bertz CT molecular complexity index is 1200. The maximum Gasteiger partial charge on any atom is 2.00 e. The van der Waals surface area contributed by atoms with Crippen molar-refractivity contribution in [2.24, 2.45) is 22.9 Å². The molecule has 54 heavy (non-hydrogen) atoms. The van der Waals surface area contributed by atoms with Crippen LogP contribution in [0.25, 0.3) is 21.6 Å². The van der Waals surface area contributed by atoms with Crippen molar-refractivity contribution in [1.29, 1.82) is 0 Å². The summed E-state index contributed by atoms with van der Waals surface area (Å²) in [4.78, 5) is 0. The number of rotatable bonds is 12. The van der Waals surface area contributed by atoms with Crippen LogP contribution in [0.2, 0.25) is 0 Å². The smallest absolute Gasteiger partial charge is 0.753 e. The zero-order chi connectivity index (χ0) is 39.8. The van der Waals surface area contributed by atoms with E-state index in [-0.39, 0.29) is 33.0 Å². The molecule has 0 unspecified atom stereocenters. The molecule has 0 atom stereocenters. The van der Waals surface area contributed by atoms with Gasteiger partial charge in [0.2, 0.25) is 0 Å². The summed E-state index contributed by atoms with van der Waals surface area (Å²) in [6, 6.07) is 40.2. The third kappa shape index (κ3) is 54.9. The van der Waals surface area contributed by atoms with E-state index >= 15 is 0 Å². The summed E-state index contributed by atoms with van der Waals surface area (Å²) in [5.74, 6) is 0. The van der Waals surface area contributed by atoms with Crippen LogP contribution in [-0.2, 0) is 33.0 Å². The molecule has 4 rings (SSSR count). The van der Waals surface area contributed by atoms with Gasteiger partial charge in [-0.25, -0.2) is 0 Å². The summed E-state index contributed by atoms with van der Waals surface area (Å²) >= 11 is 14.8. The van der Waals surface area contributed by atoms with Crippen molar-refractivity contribution in [3.63, 3.8) is 0 Å². The second kappa shape index (κ2) is 58.4. The molecule has 12 nitrogen and oxygen atoms in total. The van der Waals surface area contributed by atoms with Crippen molar-refractivity contribution in [2.75, 3.05) is 73.6 Å². The van der Waals surface area contributed by atoms with Crippen LogP contribution >= 0.6 is 48.9 Å². The predicted octanol–water partition coefficient (Wildman–Crippen LogP) is 6.86. The number of isothiocyanates is 4. The molecule has 12 N–H and O–H groups in total. The zero-order valence-corrected chi connectivity index (χ0v) is 34.8. The maximum absolute atomic E-state index is 7.13. The van der Waals surface area contributed by atoms with E-state index in [1.165, 1.54) is 20.6 Å². The van der Waals surface area contributed by atoms with Gasteiger partial charge in [0.25, 0.3) is 0 Å². The summed E-state index contributed by atoms with van der Waals surface area (Å²) in [5, 5.41) is 46.5. The number of para-hydroxylation sites is 4. The summed E-state index contributed by atoms with van der Waals surface area (Å²) < 4.78 is 0. The Morgan fingerprint density at radius 1 is 0.352 bits per heavy atom. The normalized spacial score (nSPS) is 7.48. The number of thiocarbonyl (C=S) groups is 4. The van der Waals surface area contributed by atoms with Gasteiger partial charge in [-0.2, -0.15) is 20.6 Å². The second-order valence-corrected chi connectivity index (χ2v) is 9.42. The first-order valence-electron chi connectivity index (χ1n) is 15.4. The van der Waals surface area contributed by atoms with Gasteiger partial charge in [-0.3, -0.25) is 0 Å². The third-order valence-electron chi connectivity index (χ3n) is 4.99. The molecular weight excluding hydrogens is 846 g/mol. The molecule has 0 heterocycles. The Morgan fingerprint density at radius 2 is 0.481 bits per heavy atom. The van der Waals surface area contributed by atoms with Crippen LogP contribution < -0.4 is 44.2 Å². The maximum atomic E-state index is 7.13. The number of hydrogen-bond acceptors (Lipinski definition) is 12. The van der Waals surface area contributed by atoms with Crippen LogP contribution in [0, 0.1) is 0 Å². The Balaban J connectivity index is -0.000000128. The standard InChI is InChI=1S/4C8H12N2.4CNS.2Ni/c4*9-6-7-10-8-4-2-1-3-5-8;4*2-1-3;;/h4*1-5,10H,6-7,9H2;;;;;;/q;;;;4*-1;2*+2. The number of hydrogen-bond donors (Lipinski definition) is 8. The minimum absolute atomic E-state index is 0. The van der Waals surface area contributed by atoms with Gasteiger partial charge in [-0.05, 0) is 48.5 Å². The molecule has 0 aliphatic rings. The van der Waals surface area contributed by atoms with E-state index in [2.05, 4.69) is 70.1 Å². The number of benzene rings is 4. The van der Waals surface area contributed by atoms with Gasteiger partial charge in [0, 0.05) is 75.1 Å².